The number of carbonyl (C=O) groups is 1. The fourth-order valence-corrected chi connectivity index (χ4v) is 7.30. The molecule has 0 aromatic heterocycles. The highest BCUT2D eigenvalue weighted by Crippen LogP contribution is 2.49. The standard InChI is InChI=1S/C23H34N2O4S/c1-16(20-14-17-7-8-18(20)13-17)24-23(26)21-15-19(9-10-22(21)29-2)30(27,28)25-11-5-3-4-6-12-25/h9-10,15-18,20H,3-8,11-14H2,1-2H3,(H,24,26)/t16-,17+,18+,20+/m1/s1. The van der Waals surface area contributed by atoms with Crippen LogP contribution in [0.2, 0.25) is 0 Å². The minimum Gasteiger partial charge on any atom is -0.496 e. The molecule has 2 saturated carbocycles. The summed E-state index contributed by atoms with van der Waals surface area (Å²) in [6, 6.07) is 4.71. The maximum absolute atomic E-state index is 13.2. The Balaban J connectivity index is 1.54. The molecule has 1 saturated heterocycles. The van der Waals surface area contributed by atoms with Crippen molar-refractivity contribution in [2.75, 3.05) is 20.2 Å². The highest BCUT2D eigenvalue weighted by Gasteiger charge is 2.42. The Hall–Kier alpha value is -1.60. The van der Waals surface area contributed by atoms with Crippen LogP contribution in [-0.4, -0.2) is 44.9 Å². The highest BCUT2D eigenvalue weighted by atomic mass is 32.2. The van der Waals surface area contributed by atoms with E-state index in [1.807, 2.05) is 0 Å². The van der Waals surface area contributed by atoms with Gasteiger partial charge in [0.05, 0.1) is 17.6 Å². The van der Waals surface area contributed by atoms with Gasteiger partial charge in [-0.2, -0.15) is 4.31 Å². The summed E-state index contributed by atoms with van der Waals surface area (Å²) in [5.74, 6) is 2.19. The van der Waals surface area contributed by atoms with E-state index in [9.17, 15) is 13.2 Å². The van der Waals surface area contributed by atoms with Gasteiger partial charge in [0.2, 0.25) is 10.0 Å². The molecule has 0 unspecified atom stereocenters. The van der Waals surface area contributed by atoms with Gasteiger partial charge in [-0.15, -0.1) is 0 Å². The number of fused-ring (bicyclic) bond motifs is 2. The fraction of sp³-hybridized carbons (Fsp3) is 0.696. The van der Waals surface area contributed by atoms with Gasteiger partial charge in [0.25, 0.3) is 5.91 Å². The number of nitrogens with one attached hydrogen (secondary N) is 1. The Bertz CT molecular complexity index is 877. The highest BCUT2D eigenvalue weighted by molar-refractivity contribution is 7.89. The topological polar surface area (TPSA) is 75.7 Å². The van der Waals surface area contributed by atoms with E-state index in [0.717, 1.165) is 31.6 Å². The van der Waals surface area contributed by atoms with E-state index in [-0.39, 0.29) is 16.8 Å². The summed E-state index contributed by atoms with van der Waals surface area (Å²) in [7, 11) is -2.11. The first-order valence-electron chi connectivity index (χ1n) is 11.4. The molecule has 1 aromatic rings. The molecule has 30 heavy (non-hydrogen) atoms. The van der Waals surface area contributed by atoms with Gasteiger partial charge in [-0.3, -0.25) is 4.79 Å². The summed E-state index contributed by atoms with van der Waals surface area (Å²) in [4.78, 5) is 13.3. The molecule has 2 bridgehead atoms. The number of ether oxygens (including phenoxy) is 1. The normalized spacial score (nSPS) is 28.1. The molecule has 3 fully saturated rings. The van der Waals surface area contributed by atoms with E-state index in [2.05, 4.69) is 12.2 Å². The van der Waals surface area contributed by atoms with E-state index in [1.165, 1.54) is 38.9 Å². The lowest BCUT2D eigenvalue weighted by molar-refractivity contribution is 0.0912. The van der Waals surface area contributed by atoms with Crippen LogP contribution in [0.1, 0.15) is 68.6 Å². The fourth-order valence-electron chi connectivity index (χ4n) is 5.75. The summed E-state index contributed by atoms with van der Waals surface area (Å²) in [6.45, 7) is 3.15. The lowest BCUT2D eigenvalue weighted by Crippen LogP contribution is -2.40. The van der Waals surface area contributed by atoms with Crippen molar-refractivity contribution in [3.8, 4) is 5.75 Å². The largest absolute Gasteiger partial charge is 0.496 e. The maximum Gasteiger partial charge on any atom is 0.255 e. The van der Waals surface area contributed by atoms with Crippen molar-refractivity contribution in [1.82, 2.24) is 9.62 Å². The molecule has 0 spiro atoms. The average Bonchev–Trinajstić information content (AvgIpc) is 3.27. The third-order valence-electron chi connectivity index (χ3n) is 7.41. The number of benzene rings is 1. The third-order valence-corrected chi connectivity index (χ3v) is 9.31. The van der Waals surface area contributed by atoms with Gasteiger partial charge in [0.1, 0.15) is 5.75 Å². The van der Waals surface area contributed by atoms with Crippen molar-refractivity contribution in [1.29, 1.82) is 0 Å². The first-order valence-corrected chi connectivity index (χ1v) is 12.8. The second-order valence-corrected chi connectivity index (χ2v) is 11.2. The lowest BCUT2D eigenvalue weighted by Gasteiger charge is -2.28. The Kier molecular flexibility index (Phi) is 6.39. The second-order valence-electron chi connectivity index (χ2n) is 9.28. The number of carbonyl (C=O) groups excluding carboxylic acids is 1. The van der Waals surface area contributed by atoms with E-state index in [1.54, 1.807) is 16.4 Å². The van der Waals surface area contributed by atoms with Gasteiger partial charge >= 0.3 is 0 Å². The molecule has 1 amide bonds. The number of nitrogens with zero attached hydrogens (tertiary/aromatic N) is 1. The van der Waals surface area contributed by atoms with Gasteiger partial charge < -0.3 is 10.1 Å². The Morgan fingerprint density at radius 1 is 1.13 bits per heavy atom. The summed E-state index contributed by atoms with van der Waals surface area (Å²) in [6.07, 6.45) is 8.94. The molecule has 1 N–H and O–H groups in total. The molecule has 0 radical (unpaired) electrons. The van der Waals surface area contributed by atoms with E-state index < -0.39 is 10.0 Å². The van der Waals surface area contributed by atoms with Crippen LogP contribution in [0.5, 0.6) is 5.75 Å². The Morgan fingerprint density at radius 3 is 2.47 bits per heavy atom. The van der Waals surface area contributed by atoms with Crippen LogP contribution in [-0.2, 0) is 10.0 Å². The van der Waals surface area contributed by atoms with Crippen molar-refractivity contribution in [2.45, 2.75) is 69.2 Å². The second kappa shape index (κ2) is 8.87. The van der Waals surface area contributed by atoms with Crippen LogP contribution in [0.25, 0.3) is 0 Å². The molecule has 6 nitrogen and oxygen atoms in total. The minimum atomic E-state index is -3.62. The lowest BCUT2D eigenvalue weighted by atomic mass is 9.84. The Labute approximate surface area is 180 Å². The summed E-state index contributed by atoms with van der Waals surface area (Å²) in [5, 5.41) is 3.14. The van der Waals surface area contributed by atoms with Crippen molar-refractivity contribution in [3.63, 3.8) is 0 Å². The SMILES string of the molecule is COc1ccc(S(=O)(=O)N2CCCCCC2)cc1C(=O)N[C@H](C)[C@@H]1C[C@H]2CC[C@H]1C2. The van der Waals surface area contributed by atoms with Gasteiger partial charge in [0, 0.05) is 19.1 Å². The van der Waals surface area contributed by atoms with Crippen LogP contribution in [0.3, 0.4) is 0 Å². The van der Waals surface area contributed by atoms with Crippen LogP contribution >= 0.6 is 0 Å². The van der Waals surface area contributed by atoms with Crippen LogP contribution < -0.4 is 10.1 Å². The monoisotopic (exact) mass is 434 g/mol. The predicted molar refractivity (Wildman–Crippen MR) is 116 cm³/mol. The molecule has 3 aliphatic rings. The van der Waals surface area contributed by atoms with Crippen molar-refractivity contribution >= 4 is 15.9 Å². The zero-order chi connectivity index (χ0) is 21.3. The van der Waals surface area contributed by atoms with Gasteiger partial charge in [-0.05, 0) is 75.0 Å². The third kappa shape index (κ3) is 4.24. The number of rotatable bonds is 6. The van der Waals surface area contributed by atoms with Crippen molar-refractivity contribution in [2.24, 2.45) is 17.8 Å². The van der Waals surface area contributed by atoms with Gasteiger partial charge in [-0.1, -0.05) is 19.3 Å². The summed E-state index contributed by atoms with van der Waals surface area (Å²) < 4.78 is 33.3. The van der Waals surface area contributed by atoms with Crippen LogP contribution in [0, 0.1) is 17.8 Å². The van der Waals surface area contributed by atoms with Crippen molar-refractivity contribution < 1.29 is 17.9 Å². The van der Waals surface area contributed by atoms with Crippen LogP contribution in [0.15, 0.2) is 23.1 Å². The predicted octanol–water partition coefficient (Wildman–Crippen LogP) is 3.81. The number of amides is 1. The zero-order valence-electron chi connectivity index (χ0n) is 18.1. The molecule has 1 aromatic carbocycles. The smallest absolute Gasteiger partial charge is 0.255 e. The molecule has 1 heterocycles. The average molecular weight is 435 g/mol. The van der Waals surface area contributed by atoms with Gasteiger partial charge in [0.15, 0.2) is 0 Å². The molecule has 1 aliphatic heterocycles. The molecular weight excluding hydrogens is 400 g/mol. The summed E-state index contributed by atoms with van der Waals surface area (Å²) in [5.41, 5.74) is 0.295. The molecule has 7 heteroatoms. The maximum atomic E-state index is 13.2. The number of sulfonamides is 1. The molecule has 166 valence electrons. The molecular formula is C23H34N2O4S. The Morgan fingerprint density at radius 2 is 1.87 bits per heavy atom. The zero-order valence-corrected chi connectivity index (χ0v) is 18.9. The first-order chi connectivity index (χ1) is 14.4. The van der Waals surface area contributed by atoms with E-state index in [0.29, 0.717) is 36.2 Å². The number of methoxy groups -OCH3 is 1. The molecule has 4 atom stereocenters. The minimum absolute atomic E-state index is 0.0726. The van der Waals surface area contributed by atoms with E-state index in [4.69, 9.17) is 4.74 Å². The van der Waals surface area contributed by atoms with Crippen LogP contribution in [0.4, 0.5) is 0 Å². The van der Waals surface area contributed by atoms with Gasteiger partial charge in [-0.25, -0.2) is 8.42 Å². The number of hydrogen-bond acceptors (Lipinski definition) is 4. The van der Waals surface area contributed by atoms with Crippen molar-refractivity contribution in [3.05, 3.63) is 23.8 Å². The molecule has 4 rings (SSSR count). The quantitative estimate of drug-likeness (QED) is 0.739. The summed E-state index contributed by atoms with van der Waals surface area (Å²) >= 11 is 0. The molecule has 2 aliphatic carbocycles. The first kappa shape index (κ1) is 21.6. The van der Waals surface area contributed by atoms with E-state index >= 15 is 0 Å². The number of hydrogen-bond donors (Lipinski definition) is 1.